The molecule has 1 atom stereocenters. The van der Waals surface area contributed by atoms with Gasteiger partial charge < -0.3 is 10.3 Å². The number of fused-ring (bicyclic) bond motifs is 2. The van der Waals surface area contributed by atoms with Crippen LogP contribution in [0.25, 0.3) is 27.8 Å². The number of halogens is 3. The van der Waals surface area contributed by atoms with Crippen molar-refractivity contribution in [2.75, 3.05) is 5.32 Å². The molecule has 0 aliphatic rings. The van der Waals surface area contributed by atoms with Gasteiger partial charge in [0.15, 0.2) is 11.5 Å². The van der Waals surface area contributed by atoms with Gasteiger partial charge in [0.1, 0.15) is 29.3 Å². The molecule has 11 heteroatoms. The molecule has 5 aromatic rings. The number of nitrogens with zero attached hydrogens (tertiary/aromatic N) is 5. The summed E-state index contributed by atoms with van der Waals surface area (Å²) in [5, 5.41) is 3.50. The Morgan fingerprint density at radius 3 is 2.69 bits per heavy atom. The predicted molar refractivity (Wildman–Crippen MR) is 116 cm³/mol. The number of hydrogen-bond acceptors (Lipinski definition) is 6. The lowest BCUT2D eigenvalue weighted by Gasteiger charge is -2.20. The summed E-state index contributed by atoms with van der Waals surface area (Å²) in [5.41, 5.74) is 0.809. The average Bonchev–Trinajstić information content (AvgIpc) is 3.22. The van der Waals surface area contributed by atoms with Crippen LogP contribution in [0.3, 0.4) is 0 Å². The fourth-order valence-electron chi connectivity index (χ4n) is 3.56. The topological polar surface area (TPSA) is 101 Å². The van der Waals surface area contributed by atoms with Crippen molar-refractivity contribution in [1.82, 2.24) is 29.5 Å². The van der Waals surface area contributed by atoms with Gasteiger partial charge in [-0.1, -0.05) is 17.7 Å². The van der Waals surface area contributed by atoms with Gasteiger partial charge in [0.2, 0.25) is 0 Å². The van der Waals surface area contributed by atoms with Crippen molar-refractivity contribution in [3.8, 4) is 5.69 Å². The van der Waals surface area contributed by atoms with Crippen molar-refractivity contribution >= 4 is 39.5 Å². The van der Waals surface area contributed by atoms with Gasteiger partial charge in [-0.25, -0.2) is 28.7 Å². The maximum Gasteiger partial charge on any atom is 0.267 e. The monoisotopic (exact) mass is 453 g/mol. The van der Waals surface area contributed by atoms with Gasteiger partial charge in [-0.15, -0.1) is 0 Å². The maximum absolute atomic E-state index is 14.0. The lowest BCUT2D eigenvalue weighted by atomic mass is 10.2. The Kier molecular flexibility index (Phi) is 4.78. The molecule has 0 aliphatic heterocycles. The van der Waals surface area contributed by atoms with Crippen LogP contribution in [0, 0.1) is 11.6 Å². The van der Waals surface area contributed by atoms with E-state index in [1.807, 2.05) is 0 Å². The third kappa shape index (κ3) is 3.34. The van der Waals surface area contributed by atoms with Crippen molar-refractivity contribution in [3.63, 3.8) is 0 Å². The summed E-state index contributed by atoms with van der Waals surface area (Å²) in [5.74, 6) is -1.01. The molecule has 3 heterocycles. The first kappa shape index (κ1) is 20.0. The van der Waals surface area contributed by atoms with Gasteiger partial charge in [0, 0.05) is 6.07 Å². The van der Waals surface area contributed by atoms with Crippen LogP contribution in [0.15, 0.2) is 53.8 Å². The summed E-state index contributed by atoms with van der Waals surface area (Å²) in [6.07, 6.45) is 2.83. The molecule has 0 aliphatic carbocycles. The standard InChI is InChI=1S/C21H14ClF2N7O/c1-10(29-19-17-18(26-8-25-17)27-9-28-19)20-30-15-4-2-3-14(22)16(15)21(32)31(20)13-6-11(23)5-12(24)7-13/h2-10H,1H3,(H2,25,26,27,28,29). The van der Waals surface area contributed by atoms with Crippen molar-refractivity contribution in [1.29, 1.82) is 0 Å². The number of rotatable bonds is 4. The average molecular weight is 454 g/mol. The smallest absolute Gasteiger partial charge is 0.267 e. The molecule has 160 valence electrons. The number of benzene rings is 2. The number of anilines is 1. The SMILES string of the molecule is CC(Nc1ncnc2nc[nH]c12)c1nc2cccc(Cl)c2c(=O)n1-c1cc(F)cc(F)c1. The van der Waals surface area contributed by atoms with Crippen LogP contribution in [-0.2, 0) is 0 Å². The summed E-state index contributed by atoms with van der Waals surface area (Å²) in [6.45, 7) is 1.74. The van der Waals surface area contributed by atoms with Crippen LogP contribution in [0.5, 0.6) is 0 Å². The van der Waals surface area contributed by atoms with Crippen molar-refractivity contribution in [3.05, 3.63) is 81.9 Å². The molecule has 3 aromatic heterocycles. The molecular weight excluding hydrogens is 440 g/mol. The molecule has 0 bridgehead atoms. The number of imidazole rings is 1. The van der Waals surface area contributed by atoms with Gasteiger partial charge in [-0.2, -0.15) is 0 Å². The van der Waals surface area contributed by atoms with Gasteiger partial charge in [0.25, 0.3) is 5.56 Å². The molecule has 0 fully saturated rings. The molecule has 0 saturated carbocycles. The van der Waals surface area contributed by atoms with E-state index in [0.717, 1.165) is 22.8 Å². The fourth-order valence-corrected chi connectivity index (χ4v) is 3.81. The minimum atomic E-state index is -0.826. The Bertz CT molecular complexity index is 1530. The zero-order chi connectivity index (χ0) is 22.4. The van der Waals surface area contributed by atoms with Crippen LogP contribution < -0.4 is 10.9 Å². The zero-order valence-electron chi connectivity index (χ0n) is 16.5. The van der Waals surface area contributed by atoms with Gasteiger partial charge >= 0.3 is 0 Å². The van der Waals surface area contributed by atoms with Crippen LogP contribution in [0.4, 0.5) is 14.6 Å². The summed E-state index contributed by atoms with van der Waals surface area (Å²) in [7, 11) is 0. The largest absolute Gasteiger partial charge is 0.358 e. The maximum atomic E-state index is 14.0. The number of aromatic amines is 1. The van der Waals surface area contributed by atoms with E-state index in [4.69, 9.17) is 11.6 Å². The van der Waals surface area contributed by atoms with Crippen molar-refractivity contribution < 1.29 is 8.78 Å². The normalized spacial score (nSPS) is 12.4. The molecule has 5 rings (SSSR count). The van der Waals surface area contributed by atoms with Crippen LogP contribution in [0.2, 0.25) is 5.02 Å². The lowest BCUT2D eigenvalue weighted by Crippen LogP contribution is -2.28. The third-order valence-corrected chi connectivity index (χ3v) is 5.26. The summed E-state index contributed by atoms with van der Waals surface area (Å²) in [6, 6.07) is 7.11. The van der Waals surface area contributed by atoms with E-state index in [2.05, 4.69) is 30.2 Å². The fraction of sp³-hybridized carbons (Fsp3) is 0.0952. The Balaban J connectivity index is 1.74. The van der Waals surface area contributed by atoms with E-state index in [1.54, 1.807) is 25.1 Å². The first-order valence-corrected chi connectivity index (χ1v) is 9.88. The van der Waals surface area contributed by atoms with Crippen LogP contribution in [0.1, 0.15) is 18.8 Å². The van der Waals surface area contributed by atoms with E-state index in [9.17, 15) is 13.6 Å². The second kappa shape index (κ2) is 7.65. The highest BCUT2D eigenvalue weighted by molar-refractivity contribution is 6.35. The number of H-pyrrole nitrogens is 1. The Labute approximate surface area is 184 Å². The Morgan fingerprint density at radius 2 is 1.91 bits per heavy atom. The molecule has 0 radical (unpaired) electrons. The molecule has 0 amide bonds. The molecule has 32 heavy (non-hydrogen) atoms. The second-order valence-electron chi connectivity index (χ2n) is 7.06. The van der Waals surface area contributed by atoms with E-state index in [-0.39, 0.29) is 21.9 Å². The number of aromatic nitrogens is 6. The van der Waals surface area contributed by atoms with Gasteiger partial charge in [0.05, 0.1) is 34.0 Å². The summed E-state index contributed by atoms with van der Waals surface area (Å²) < 4.78 is 29.2. The molecule has 0 saturated heterocycles. The van der Waals surface area contributed by atoms with Gasteiger partial charge in [-0.05, 0) is 31.2 Å². The Hall–Kier alpha value is -3.92. The summed E-state index contributed by atoms with van der Waals surface area (Å²) in [4.78, 5) is 33.4. The van der Waals surface area contributed by atoms with E-state index in [0.29, 0.717) is 22.5 Å². The molecule has 8 nitrogen and oxygen atoms in total. The minimum Gasteiger partial charge on any atom is -0.358 e. The predicted octanol–water partition coefficient (Wildman–Crippen LogP) is 4.16. The zero-order valence-corrected chi connectivity index (χ0v) is 17.2. The molecule has 0 spiro atoms. The van der Waals surface area contributed by atoms with Crippen molar-refractivity contribution in [2.24, 2.45) is 0 Å². The Morgan fingerprint density at radius 1 is 1.12 bits per heavy atom. The van der Waals surface area contributed by atoms with Crippen molar-refractivity contribution in [2.45, 2.75) is 13.0 Å². The molecule has 2 aromatic carbocycles. The summed E-state index contributed by atoms with van der Waals surface area (Å²) >= 11 is 6.25. The van der Waals surface area contributed by atoms with Gasteiger partial charge in [-0.3, -0.25) is 9.36 Å². The number of nitrogens with one attached hydrogen (secondary N) is 2. The van der Waals surface area contributed by atoms with Crippen LogP contribution >= 0.6 is 11.6 Å². The highest BCUT2D eigenvalue weighted by atomic mass is 35.5. The number of hydrogen-bond donors (Lipinski definition) is 2. The molecule has 2 N–H and O–H groups in total. The van der Waals surface area contributed by atoms with E-state index in [1.165, 1.54) is 12.7 Å². The lowest BCUT2D eigenvalue weighted by molar-refractivity contribution is 0.579. The van der Waals surface area contributed by atoms with Crippen LogP contribution in [-0.4, -0.2) is 29.5 Å². The first-order chi connectivity index (χ1) is 15.4. The highest BCUT2D eigenvalue weighted by Gasteiger charge is 2.21. The third-order valence-electron chi connectivity index (χ3n) is 4.94. The minimum absolute atomic E-state index is 0.0140. The highest BCUT2D eigenvalue weighted by Crippen LogP contribution is 2.26. The molecule has 1 unspecified atom stereocenters. The first-order valence-electron chi connectivity index (χ1n) is 9.50. The second-order valence-corrected chi connectivity index (χ2v) is 7.47. The molecular formula is C21H14ClF2N7O. The quantitative estimate of drug-likeness (QED) is 0.424. The van der Waals surface area contributed by atoms with E-state index >= 15 is 0 Å². The van der Waals surface area contributed by atoms with E-state index < -0.39 is 23.2 Å².